The summed E-state index contributed by atoms with van der Waals surface area (Å²) in [5.74, 6) is -6.94. The van der Waals surface area contributed by atoms with E-state index in [9.17, 15) is 41.1 Å². The van der Waals surface area contributed by atoms with E-state index in [1.54, 1.807) is 20.8 Å². The van der Waals surface area contributed by atoms with E-state index in [0.717, 1.165) is 6.07 Å². The normalized spacial score (nSPS) is 25.8. The molecular formula is C32H37ClF3N3O7S. The molecule has 3 aliphatic rings. The van der Waals surface area contributed by atoms with E-state index in [0.29, 0.717) is 44.4 Å². The number of sulfone groups is 1. The molecule has 15 heteroatoms. The average Bonchev–Trinajstić information content (AvgIpc) is 3.51. The molecule has 2 bridgehead atoms. The Labute approximate surface area is 275 Å². The molecule has 5 rings (SSSR count). The molecule has 3 N–H and O–H groups in total. The standard InChI is InChI=1S/C32H37ClF3N3O7S/c1-31(2,3)46-30(42)39-10-4-5-25(39)29(41)37-16-32(43)18-7-8-19(32)13-21(12-18)47(44,45)26-11-17(6-9-22(26)33)28(40)38-20-14-23(34)27(36)24(35)15-20/h6,9,11,14-15,18-19,21,25,43H,4-5,7-8,10,12-13,16H2,1-3H3,(H,37,41)(H,38,40)/t18?,19?,21?,25-,32?/m0/s1. The van der Waals surface area contributed by atoms with Gasteiger partial charge in [-0.25, -0.2) is 26.4 Å². The first-order valence-electron chi connectivity index (χ1n) is 15.4. The minimum Gasteiger partial charge on any atom is -0.444 e. The number of ether oxygens (including phenoxy) is 1. The van der Waals surface area contributed by atoms with E-state index < -0.39 is 79.5 Å². The predicted octanol–water partition coefficient (Wildman–Crippen LogP) is 5.22. The number of amides is 3. The van der Waals surface area contributed by atoms with Crippen molar-refractivity contribution in [1.82, 2.24) is 10.2 Å². The summed E-state index contributed by atoms with van der Waals surface area (Å²) in [6.45, 7) is 5.48. The number of benzene rings is 2. The van der Waals surface area contributed by atoms with Crippen molar-refractivity contribution in [3.8, 4) is 0 Å². The molecule has 1 saturated heterocycles. The van der Waals surface area contributed by atoms with Gasteiger partial charge in [-0.1, -0.05) is 11.6 Å². The van der Waals surface area contributed by atoms with Gasteiger partial charge in [-0.15, -0.1) is 0 Å². The maximum Gasteiger partial charge on any atom is 0.410 e. The third kappa shape index (κ3) is 7.09. The summed E-state index contributed by atoms with van der Waals surface area (Å²) in [6, 6.07) is 3.99. The summed E-state index contributed by atoms with van der Waals surface area (Å²) in [5, 5.41) is 15.7. The number of nitrogens with one attached hydrogen (secondary N) is 2. The number of likely N-dealkylation sites (tertiary alicyclic amines) is 1. The fourth-order valence-electron chi connectivity index (χ4n) is 6.95. The van der Waals surface area contributed by atoms with Crippen LogP contribution in [0, 0.1) is 29.3 Å². The smallest absolute Gasteiger partial charge is 0.410 e. The van der Waals surface area contributed by atoms with Crippen LogP contribution in [0.3, 0.4) is 0 Å². The van der Waals surface area contributed by atoms with Crippen LogP contribution in [0.15, 0.2) is 35.2 Å². The Hall–Kier alpha value is -3.36. The monoisotopic (exact) mass is 699 g/mol. The zero-order valence-electron chi connectivity index (χ0n) is 26.1. The van der Waals surface area contributed by atoms with Crippen LogP contribution < -0.4 is 10.6 Å². The first kappa shape index (κ1) is 35.0. The second kappa shape index (κ2) is 12.9. The van der Waals surface area contributed by atoms with Crippen molar-refractivity contribution >= 4 is 45.0 Å². The van der Waals surface area contributed by atoms with Crippen molar-refractivity contribution in [2.75, 3.05) is 18.4 Å². The van der Waals surface area contributed by atoms with Gasteiger partial charge in [-0.2, -0.15) is 0 Å². The molecule has 1 heterocycles. The van der Waals surface area contributed by atoms with Crippen LogP contribution in [0.25, 0.3) is 0 Å². The van der Waals surface area contributed by atoms with Crippen LogP contribution >= 0.6 is 11.6 Å². The topological polar surface area (TPSA) is 142 Å². The van der Waals surface area contributed by atoms with Gasteiger partial charge in [0.1, 0.15) is 11.6 Å². The lowest BCUT2D eigenvalue weighted by molar-refractivity contribution is -0.128. The van der Waals surface area contributed by atoms with Gasteiger partial charge >= 0.3 is 6.09 Å². The number of anilines is 1. The lowest BCUT2D eigenvalue weighted by Crippen LogP contribution is -2.57. The quantitative estimate of drug-likeness (QED) is 0.337. The lowest BCUT2D eigenvalue weighted by Gasteiger charge is -2.42. The first-order valence-corrected chi connectivity index (χ1v) is 17.3. The molecule has 1 aliphatic heterocycles. The third-order valence-corrected chi connectivity index (χ3v) is 11.9. The fourth-order valence-corrected chi connectivity index (χ4v) is 9.35. The summed E-state index contributed by atoms with van der Waals surface area (Å²) in [5.41, 5.74) is -2.62. The molecule has 47 heavy (non-hydrogen) atoms. The molecule has 256 valence electrons. The van der Waals surface area contributed by atoms with Gasteiger partial charge in [-0.3, -0.25) is 14.5 Å². The minimum absolute atomic E-state index is 0.0829. The number of carbonyl (C=O) groups excluding carboxylic acids is 3. The number of nitrogens with zero attached hydrogens (tertiary/aromatic N) is 1. The second-order valence-electron chi connectivity index (χ2n) is 13.5. The zero-order chi connectivity index (χ0) is 34.5. The Kier molecular flexibility index (Phi) is 9.61. The number of fused-ring (bicyclic) bond motifs is 2. The van der Waals surface area contributed by atoms with Crippen LogP contribution in [0.2, 0.25) is 5.02 Å². The summed E-state index contributed by atoms with van der Waals surface area (Å²) in [7, 11) is -4.13. The van der Waals surface area contributed by atoms with E-state index in [1.807, 2.05) is 0 Å². The highest BCUT2D eigenvalue weighted by Gasteiger charge is 2.56. The molecule has 3 fully saturated rings. The average molecular weight is 700 g/mol. The van der Waals surface area contributed by atoms with E-state index in [-0.39, 0.29) is 40.6 Å². The van der Waals surface area contributed by atoms with E-state index >= 15 is 0 Å². The summed E-state index contributed by atoms with van der Waals surface area (Å²) in [4.78, 5) is 39.7. The number of hydrogen-bond donors (Lipinski definition) is 3. The zero-order valence-corrected chi connectivity index (χ0v) is 27.7. The molecule has 0 spiro atoms. The summed E-state index contributed by atoms with van der Waals surface area (Å²) in [6.07, 6.45) is 1.74. The Morgan fingerprint density at radius 2 is 1.66 bits per heavy atom. The summed E-state index contributed by atoms with van der Waals surface area (Å²) >= 11 is 6.30. The number of carbonyl (C=O) groups is 3. The minimum atomic E-state index is -4.13. The van der Waals surface area contributed by atoms with Crippen molar-refractivity contribution < 1.29 is 45.8 Å². The molecule has 0 aromatic heterocycles. The SMILES string of the molecule is CC(C)(C)OC(=O)N1CCC[C@H]1C(=O)NCC1(O)C2CCC1CC(S(=O)(=O)c1cc(C(=O)Nc3cc(F)c(F)c(F)c3)ccc1Cl)C2. The van der Waals surface area contributed by atoms with Gasteiger partial charge in [0.2, 0.25) is 5.91 Å². The van der Waals surface area contributed by atoms with Gasteiger partial charge in [0.15, 0.2) is 27.3 Å². The molecule has 0 radical (unpaired) electrons. The van der Waals surface area contributed by atoms with E-state index in [2.05, 4.69) is 10.6 Å². The molecule has 3 atom stereocenters. The molecule has 3 amide bonds. The van der Waals surface area contributed by atoms with Crippen molar-refractivity contribution in [2.24, 2.45) is 11.8 Å². The van der Waals surface area contributed by atoms with Crippen LogP contribution in [0.5, 0.6) is 0 Å². The maximum absolute atomic E-state index is 13.9. The Morgan fingerprint density at radius 3 is 2.26 bits per heavy atom. The summed E-state index contributed by atoms with van der Waals surface area (Å²) < 4.78 is 73.8. The van der Waals surface area contributed by atoms with Crippen LogP contribution in [0.4, 0.5) is 23.7 Å². The number of rotatable bonds is 7. The Balaban J connectivity index is 1.26. The highest BCUT2D eigenvalue weighted by Crippen LogP contribution is 2.52. The lowest BCUT2D eigenvalue weighted by atomic mass is 9.74. The molecule has 2 aromatic carbocycles. The van der Waals surface area contributed by atoms with Gasteiger partial charge in [-0.05, 0) is 89.3 Å². The van der Waals surface area contributed by atoms with Crippen LogP contribution in [-0.2, 0) is 19.4 Å². The predicted molar refractivity (Wildman–Crippen MR) is 166 cm³/mol. The van der Waals surface area contributed by atoms with E-state index in [4.69, 9.17) is 16.3 Å². The van der Waals surface area contributed by atoms with Crippen LogP contribution in [0.1, 0.15) is 69.7 Å². The fraction of sp³-hybridized carbons (Fsp3) is 0.531. The largest absolute Gasteiger partial charge is 0.444 e. The number of aliphatic hydroxyl groups is 1. The van der Waals surface area contributed by atoms with Gasteiger partial charge in [0, 0.05) is 36.5 Å². The third-order valence-electron chi connectivity index (χ3n) is 9.28. The maximum atomic E-state index is 13.9. The molecule has 2 unspecified atom stereocenters. The van der Waals surface area contributed by atoms with Gasteiger partial charge in [0.25, 0.3) is 5.91 Å². The Morgan fingerprint density at radius 1 is 1.04 bits per heavy atom. The number of hydrogen-bond acceptors (Lipinski definition) is 7. The van der Waals surface area contributed by atoms with Gasteiger partial charge < -0.3 is 20.5 Å². The molecular weight excluding hydrogens is 663 g/mol. The molecule has 2 aromatic rings. The van der Waals surface area contributed by atoms with Crippen molar-refractivity contribution in [3.63, 3.8) is 0 Å². The molecule has 10 nitrogen and oxygen atoms in total. The first-order chi connectivity index (χ1) is 21.9. The van der Waals surface area contributed by atoms with Gasteiger partial charge in [0.05, 0.1) is 20.8 Å². The molecule has 2 aliphatic carbocycles. The number of halogens is 4. The van der Waals surface area contributed by atoms with Crippen molar-refractivity contribution in [1.29, 1.82) is 0 Å². The highest BCUT2D eigenvalue weighted by molar-refractivity contribution is 7.92. The van der Waals surface area contributed by atoms with E-state index in [1.165, 1.54) is 17.0 Å². The second-order valence-corrected chi connectivity index (χ2v) is 16.1. The molecule has 2 saturated carbocycles. The van der Waals surface area contributed by atoms with Crippen molar-refractivity contribution in [2.45, 2.75) is 86.7 Å². The highest BCUT2D eigenvalue weighted by atomic mass is 35.5. The van der Waals surface area contributed by atoms with Crippen LogP contribution in [-0.4, -0.2) is 71.9 Å². The van der Waals surface area contributed by atoms with Crippen molar-refractivity contribution in [3.05, 3.63) is 58.4 Å². The Bertz CT molecular complexity index is 1660.